The van der Waals surface area contributed by atoms with Crippen LogP contribution in [0.15, 0.2) is 71.3 Å². The molecule has 1 saturated heterocycles. The van der Waals surface area contributed by atoms with Gasteiger partial charge in [0, 0.05) is 93.5 Å². The molecule has 12 rings (SSSR count). The highest BCUT2D eigenvalue weighted by Crippen LogP contribution is 2.66. The van der Waals surface area contributed by atoms with Crippen LogP contribution in [-0.2, 0) is 73.3 Å². The number of nitrogen functional groups attached to an aromatic ring is 1. The number of hydrogen-bond donors (Lipinski definition) is 6. The second kappa shape index (κ2) is 26.8. The molecule has 6 aliphatic heterocycles. The number of phosphoric acid groups is 3. The number of carbonyl (C=O) groups excluding carboxylic acids is 2. The van der Waals surface area contributed by atoms with Gasteiger partial charge in [0.05, 0.1) is 53.5 Å². The molecule has 484 valence electrons. The Kier molecular flexibility index (Phi) is 18.6. The fraction of sp³-hybridized carbons (Fsp3) is 0.390. The van der Waals surface area contributed by atoms with Gasteiger partial charge < -0.3 is 63.6 Å². The SMILES string of the molecule is [N-]=[N+]=NCO[C@@H]1C[C@H](n2cc(C#CCOC(=O)c3ccc(OCCCC(=O)c4ccc(C(=O)O)c(C5=c6cc7c8c(c6Oc6c5cc5c9c6CCCN9CCC5)CCC[N+]=8CCC7)c4)cc3CN=[N+]=[N-])c3c(N)ncnc32)O[C@@H]1COP(=O)(O)OP(=O)(O)OP(=O)(O)O. The van der Waals surface area contributed by atoms with E-state index in [1.165, 1.54) is 57.2 Å². The van der Waals surface area contributed by atoms with Crippen molar-refractivity contribution in [2.75, 3.05) is 63.4 Å². The lowest BCUT2D eigenvalue weighted by Gasteiger charge is -2.39. The average Bonchev–Trinajstić information content (AvgIpc) is 1.37. The van der Waals surface area contributed by atoms with Gasteiger partial charge in [-0.15, -0.1) is 0 Å². The lowest BCUT2D eigenvalue weighted by molar-refractivity contribution is -0.0582. The van der Waals surface area contributed by atoms with E-state index >= 15 is 0 Å². The monoisotopic (exact) mass is 1330 g/mol. The zero-order chi connectivity index (χ0) is 65.3. The number of hydrogen-bond acceptors (Lipinski definition) is 20. The summed E-state index contributed by atoms with van der Waals surface area (Å²) in [4.78, 5) is 94.9. The number of aromatic nitrogens is 3. The number of carboxylic acids is 1. The Hall–Kier alpha value is -8.51. The summed E-state index contributed by atoms with van der Waals surface area (Å²) in [6.45, 7) is 1.78. The zero-order valence-corrected chi connectivity index (χ0v) is 52.1. The third-order valence-corrected chi connectivity index (χ3v) is 20.6. The van der Waals surface area contributed by atoms with E-state index < -0.39 is 73.8 Å². The van der Waals surface area contributed by atoms with Gasteiger partial charge >= 0.3 is 35.4 Å². The Labute approximate surface area is 528 Å². The number of phosphoric ester groups is 1. The van der Waals surface area contributed by atoms with Gasteiger partial charge in [-0.2, -0.15) is 8.62 Å². The van der Waals surface area contributed by atoms with Crippen molar-refractivity contribution in [2.45, 2.75) is 95.6 Å². The molecule has 6 aliphatic rings. The maximum atomic E-state index is 14.3. The number of aromatic carboxylic acids is 1. The fourth-order valence-electron chi connectivity index (χ4n) is 13.1. The van der Waals surface area contributed by atoms with Crippen LogP contribution in [0.25, 0.3) is 37.5 Å². The molecule has 5 atom stereocenters. The van der Waals surface area contributed by atoms with E-state index in [4.69, 9.17) is 49.3 Å². The molecule has 1 fully saturated rings. The number of ether oxygens (including phenoxy) is 5. The van der Waals surface area contributed by atoms with E-state index in [0.717, 1.165) is 123 Å². The maximum absolute atomic E-state index is 14.3. The molecule has 0 amide bonds. The second-order valence-corrected chi connectivity index (χ2v) is 27.0. The highest BCUT2D eigenvalue weighted by molar-refractivity contribution is 7.66. The first-order chi connectivity index (χ1) is 44.7. The molecule has 2 unspecified atom stereocenters. The first-order valence-electron chi connectivity index (χ1n) is 29.6. The molecule has 0 saturated carbocycles. The predicted octanol–water partition coefficient (Wildman–Crippen LogP) is 7.49. The van der Waals surface area contributed by atoms with E-state index in [0.29, 0.717) is 16.9 Å². The van der Waals surface area contributed by atoms with E-state index in [1.54, 1.807) is 12.1 Å². The number of benzene rings is 4. The summed E-state index contributed by atoms with van der Waals surface area (Å²) in [5.74, 6) is 5.30. The van der Waals surface area contributed by atoms with Crippen molar-refractivity contribution in [1.82, 2.24) is 19.1 Å². The maximum Gasteiger partial charge on any atom is 0.490 e. The number of anilines is 2. The average molecular weight is 1330 g/mol. The number of ketones is 1. The minimum absolute atomic E-state index is 0.0180. The van der Waals surface area contributed by atoms with E-state index in [-0.39, 0.29) is 77.3 Å². The fourth-order valence-corrected chi connectivity index (χ4v) is 16.2. The zero-order valence-electron chi connectivity index (χ0n) is 49.4. The Morgan fingerprint density at radius 1 is 0.860 bits per heavy atom. The Balaban J connectivity index is 0.727. The third-order valence-electron chi connectivity index (χ3n) is 16.8. The van der Waals surface area contributed by atoms with E-state index in [1.807, 2.05) is 0 Å². The number of carboxylic acid groups (broad SMARTS) is 1. The number of carbonyl (C=O) groups is 3. The molecule has 8 heterocycles. The van der Waals surface area contributed by atoms with Crippen molar-refractivity contribution in [3.63, 3.8) is 0 Å². The number of rotatable bonds is 23. The van der Waals surface area contributed by atoms with Crippen LogP contribution in [0.1, 0.15) is 127 Å². The summed E-state index contributed by atoms with van der Waals surface area (Å²) < 4.78 is 82.3. The second-order valence-electron chi connectivity index (χ2n) is 22.6. The van der Waals surface area contributed by atoms with Crippen LogP contribution >= 0.6 is 23.5 Å². The minimum Gasteiger partial charge on any atom is -0.494 e. The van der Waals surface area contributed by atoms with E-state index in [9.17, 15) is 48.5 Å². The van der Waals surface area contributed by atoms with Crippen LogP contribution in [0.2, 0.25) is 0 Å². The Bertz CT molecular complexity index is 4550. The van der Waals surface area contributed by atoms with Crippen molar-refractivity contribution >= 4 is 69.3 Å². The first-order valence-corrected chi connectivity index (χ1v) is 34.1. The van der Waals surface area contributed by atoms with Gasteiger partial charge in [0.2, 0.25) is 5.36 Å². The highest BCUT2D eigenvalue weighted by Gasteiger charge is 2.44. The normalized spacial score (nSPS) is 19.0. The van der Waals surface area contributed by atoms with Gasteiger partial charge in [0.15, 0.2) is 12.4 Å². The van der Waals surface area contributed by atoms with Crippen molar-refractivity contribution in [2.24, 2.45) is 10.2 Å². The summed E-state index contributed by atoms with van der Waals surface area (Å²) in [7, 11) is -17.1. The molecule has 93 heavy (non-hydrogen) atoms. The van der Waals surface area contributed by atoms with Gasteiger partial charge in [-0.3, -0.25) is 9.32 Å². The molecule has 31 nitrogen and oxygen atoms in total. The molecule has 6 aromatic rings. The standard InChI is InChI=1S/C59H59N12O19P3/c60-56-50-36(29-71(57(50)64-31-63-56)49-27-47(85-32-66-68-62)48(87-49)30-86-92(79,80)90-93(81,82)89-91(76,77)78)9-5-22-84-59(75)39-16-14-38(23-37(39)28-65-67-61)83-21-6-12-46(72)33-13-15-40(58(73)74)43(24-33)51-44-25-34-7-1-17-69-19-3-10-41(52(34)69)54(44)88-55-42-11-4-20-70-18-2-8-35(53(42)70)26-45(51)55/h13-16,23-26,29,31,47-49H,1-4,6-8,10-12,17-22,27-28,30,32H2,(H6-,60,63,64,73,74,76,77,78,79,80,81,82)/p+1/t47-,48-,49-/m1/s1. The quantitative estimate of drug-likeness (QED) is 0.00415. The van der Waals surface area contributed by atoms with Crippen LogP contribution in [0.5, 0.6) is 17.2 Å². The highest BCUT2D eigenvalue weighted by atomic mass is 31.3. The summed E-state index contributed by atoms with van der Waals surface area (Å²) in [5, 5.41) is 20.2. The number of azide groups is 2. The van der Waals surface area contributed by atoms with E-state index in [2.05, 4.69) is 72.1 Å². The number of esters is 1. The molecule has 7 N–H and O–H groups in total. The molecule has 4 aromatic carbocycles. The number of aryl methyl sites for hydroxylation is 2. The predicted molar refractivity (Wildman–Crippen MR) is 328 cm³/mol. The topological polar surface area (TPSA) is 438 Å². The number of nitrogens with two attached hydrogens (primary N) is 1. The molecular formula is C59H60N12O19P3+. The van der Waals surface area contributed by atoms with Crippen molar-refractivity contribution in [1.29, 1.82) is 0 Å². The third kappa shape index (κ3) is 13.8. The van der Waals surface area contributed by atoms with Crippen LogP contribution in [0.3, 0.4) is 0 Å². The molecule has 2 aromatic heterocycles. The summed E-state index contributed by atoms with van der Waals surface area (Å²) >= 11 is 0. The van der Waals surface area contributed by atoms with Gasteiger partial charge in [0.1, 0.15) is 67.2 Å². The molecule has 0 bridgehead atoms. The lowest BCUT2D eigenvalue weighted by atomic mass is 9.81. The molecule has 0 spiro atoms. The van der Waals surface area contributed by atoms with Crippen molar-refractivity contribution < 1.29 is 89.6 Å². The smallest absolute Gasteiger partial charge is 0.490 e. The number of fused-ring (bicyclic) bond motifs is 5. The van der Waals surface area contributed by atoms with Crippen LogP contribution in [0, 0.1) is 11.8 Å². The summed E-state index contributed by atoms with van der Waals surface area (Å²) in [5.41, 5.74) is 33.5. The van der Waals surface area contributed by atoms with Crippen LogP contribution < -0.4 is 35.3 Å². The molecule has 0 aliphatic carbocycles. The van der Waals surface area contributed by atoms with Gasteiger partial charge in [-0.25, -0.2) is 37.8 Å². The number of nitrogens with zero attached hydrogens (tertiary/aromatic N) is 11. The van der Waals surface area contributed by atoms with Crippen molar-refractivity contribution in [3.05, 3.63) is 154 Å². The minimum atomic E-state index is -5.84. The van der Waals surface area contributed by atoms with Crippen LogP contribution in [0.4, 0.5) is 11.5 Å². The van der Waals surface area contributed by atoms with Gasteiger partial charge in [-0.1, -0.05) is 28.1 Å². The summed E-state index contributed by atoms with van der Waals surface area (Å²) in [6.07, 6.45) is 6.86. The summed E-state index contributed by atoms with van der Waals surface area (Å²) in [6, 6.07) is 13.7. The Morgan fingerprint density at radius 3 is 2.41 bits per heavy atom. The lowest BCUT2D eigenvalue weighted by Crippen LogP contribution is -2.45. The molecule has 34 heteroatoms. The molecular weight excluding hydrogens is 1270 g/mol. The van der Waals surface area contributed by atoms with Gasteiger partial charge in [-0.05, 0) is 115 Å². The van der Waals surface area contributed by atoms with Crippen molar-refractivity contribution in [3.8, 4) is 29.1 Å². The van der Waals surface area contributed by atoms with Gasteiger partial charge in [0.25, 0.3) is 0 Å². The molecule has 0 radical (unpaired) electrons. The largest absolute Gasteiger partial charge is 0.494 e. The number of Topliss-reactive ketones (excluding diaryl/α,β-unsaturated/α-hetero) is 1. The Morgan fingerprint density at radius 2 is 1.62 bits per heavy atom. The first kappa shape index (κ1) is 64.6. The van der Waals surface area contributed by atoms with Crippen LogP contribution in [-0.4, -0.2) is 122 Å².